The SMILES string of the molecule is CCCCCCNC(C)C(F)F. The fraction of sp³-hybridized carbons (Fsp3) is 1.00. The van der Waals surface area contributed by atoms with E-state index in [1.807, 2.05) is 0 Å². The molecule has 0 bridgehead atoms. The van der Waals surface area contributed by atoms with Gasteiger partial charge in [-0.2, -0.15) is 0 Å². The third kappa shape index (κ3) is 6.53. The van der Waals surface area contributed by atoms with Crippen LogP contribution < -0.4 is 5.32 Å². The van der Waals surface area contributed by atoms with Gasteiger partial charge < -0.3 is 5.32 Å². The predicted octanol–water partition coefficient (Wildman–Crippen LogP) is 2.81. The average molecular weight is 179 g/mol. The van der Waals surface area contributed by atoms with E-state index < -0.39 is 12.5 Å². The number of alkyl halides is 2. The Kier molecular flexibility index (Phi) is 7.36. The van der Waals surface area contributed by atoms with Crippen molar-refractivity contribution in [3.63, 3.8) is 0 Å². The average Bonchev–Trinajstić information content (AvgIpc) is 2.03. The van der Waals surface area contributed by atoms with E-state index in [9.17, 15) is 8.78 Å². The molecule has 0 fully saturated rings. The summed E-state index contributed by atoms with van der Waals surface area (Å²) in [5.41, 5.74) is 0. The maximum atomic E-state index is 11.9. The quantitative estimate of drug-likeness (QED) is 0.592. The minimum atomic E-state index is -2.24. The van der Waals surface area contributed by atoms with Crippen LogP contribution in [0.1, 0.15) is 39.5 Å². The Labute approximate surface area is 73.5 Å². The number of hydrogen-bond acceptors (Lipinski definition) is 1. The second-order valence-corrected chi connectivity index (χ2v) is 3.14. The number of nitrogens with one attached hydrogen (secondary N) is 1. The summed E-state index contributed by atoms with van der Waals surface area (Å²) >= 11 is 0. The number of halogens is 2. The highest BCUT2D eigenvalue weighted by Crippen LogP contribution is 2.01. The summed E-state index contributed by atoms with van der Waals surface area (Å²) in [5.74, 6) is 0. The first-order valence-corrected chi connectivity index (χ1v) is 4.70. The maximum absolute atomic E-state index is 11.9. The van der Waals surface area contributed by atoms with Crippen LogP contribution in [0.3, 0.4) is 0 Å². The molecule has 1 nitrogen and oxygen atoms in total. The minimum absolute atomic E-state index is 0.661. The van der Waals surface area contributed by atoms with Gasteiger partial charge in [0, 0.05) is 0 Å². The molecular formula is C9H19F2N. The summed E-state index contributed by atoms with van der Waals surface area (Å²) < 4.78 is 23.9. The summed E-state index contributed by atoms with van der Waals surface area (Å²) in [7, 11) is 0. The van der Waals surface area contributed by atoms with E-state index in [1.165, 1.54) is 19.8 Å². The molecule has 1 unspecified atom stereocenters. The van der Waals surface area contributed by atoms with Crippen molar-refractivity contribution in [1.82, 2.24) is 5.32 Å². The predicted molar refractivity (Wildman–Crippen MR) is 47.6 cm³/mol. The fourth-order valence-corrected chi connectivity index (χ4v) is 0.971. The lowest BCUT2D eigenvalue weighted by Gasteiger charge is -2.11. The minimum Gasteiger partial charge on any atom is -0.309 e. The molecule has 74 valence electrons. The lowest BCUT2D eigenvalue weighted by atomic mass is 10.2. The standard InChI is InChI=1S/C9H19F2N/c1-3-4-5-6-7-12-8(2)9(10)11/h8-9,12H,3-7H2,1-2H3. The van der Waals surface area contributed by atoms with E-state index in [4.69, 9.17) is 0 Å². The summed E-state index contributed by atoms with van der Waals surface area (Å²) in [6, 6.07) is -0.661. The van der Waals surface area contributed by atoms with Gasteiger partial charge in [0.1, 0.15) is 0 Å². The Balaban J connectivity index is 3.08. The molecule has 0 aliphatic heterocycles. The summed E-state index contributed by atoms with van der Waals surface area (Å²) in [4.78, 5) is 0. The summed E-state index contributed by atoms with van der Waals surface area (Å²) in [6.45, 7) is 4.37. The molecule has 0 aromatic heterocycles. The van der Waals surface area contributed by atoms with Gasteiger partial charge in [-0.05, 0) is 19.9 Å². The highest BCUT2D eigenvalue weighted by atomic mass is 19.3. The van der Waals surface area contributed by atoms with Crippen molar-refractivity contribution < 1.29 is 8.78 Å². The van der Waals surface area contributed by atoms with E-state index in [-0.39, 0.29) is 0 Å². The lowest BCUT2D eigenvalue weighted by molar-refractivity contribution is 0.106. The molecule has 0 aliphatic carbocycles. The van der Waals surface area contributed by atoms with E-state index in [2.05, 4.69) is 12.2 Å². The number of hydrogen-bond donors (Lipinski definition) is 1. The topological polar surface area (TPSA) is 12.0 Å². The zero-order chi connectivity index (χ0) is 9.40. The van der Waals surface area contributed by atoms with Crippen molar-refractivity contribution >= 4 is 0 Å². The van der Waals surface area contributed by atoms with Gasteiger partial charge in [0.25, 0.3) is 6.43 Å². The Morgan fingerprint density at radius 3 is 2.33 bits per heavy atom. The molecule has 0 spiro atoms. The Bertz CT molecular complexity index is 96.5. The van der Waals surface area contributed by atoms with Crippen LogP contribution in [-0.4, -0.2) is 19.0 Å². The molecule has 12 heavy (non-hydrogen) atoms. The van der Waals surface area contributed by atoms with Crippen molar-refractivity contribution in [3.05, 3.63) is 0 Å². The Hall–Kier alpha value is -0.180. The molecule has 0 saturated carbocycles. The Morgan fingerprint density at radius 2 is 1.83 bits per heavy atom. The number of unbranched alkanes of at least 4 members (excludes halogenated alkanes) is 3. The molecule has 3 heteroatoms. The van der Waals surface area contributed by atoms with Gasteiger partial charge in [-0.3, -0.25) is 0 Å². The lowest BCUT2D eigenvalue weighted by Crippen LogP contribution is -2.33. The van der Waals surface area contributed by atoms with Crippen LogP contribution in [0, 0.1) is 0 Å². The molecule has 0 saturated heterocycles. The number of rotatable bonds is 7. The van der Waals surface area contributed by atoms with Gasteiger partial charge in [-0.25, -0.2) is 8.78 Å². The van der Waals surface area contributed by atoms with Crippen LogP contribution in [0.25, 0.3) is 0 Å². The molecule has 1 atom stereocenters. The second-order valence-electron chi connectivity index (χ2n) is 3.14. The van der Waals surface area contributed by atoms with Crippen molar-refractivity contribution in [2.24, 2.45) is 0 Å². The van der Waals surface area contributed by atoms with Gasteiger partial charge >= 0.3 is 0 Å². The third-order valence-corrected chi connectivity index (χ3v) is 1.87. The van der Waals surface area contributed by atoms with Crippen molar-refractivity contribution in [1.29, 1.82) is 0 Å². The normalized spacial score (nSPS) is 13.8. The first-order chi connectivity index (χ1) is 5.68. The summed E-state index contributed by atoms with van der Waals surface area (Å²) in [5, 5.41) is 2.79. The molecule has 0 aromatic carbocycles. The smallest absolute Gasteiger partial charge is 0.253 e. The molecule has 0 rings (SSSR count). The Morgan fingerprint density at radius 1 is 1.17 bits per heavy atom. The largest absolute Gasteiger partial charge is 0.309 e. The van der Waals surface area contributed by atoms with Crippen LogP contribution in [0.2, 0.25) is 0 Å². The van der Waals surface area contributed by atoms with E-state index >= 15 is 0 Å². The highest BCUT2D eigenvalue weighted by molar-refractivity contribution is 4.61. The van der Waals surface area contributed by atoms with Gasteiger partial charge in [-0.1, -0.05) is 26.2 Å². The monoisotopic (exact) mass is 179 g/mol. The van der Waals surface area contributed by atoms with Crippen molar-refractivity contribution in [2.75, 3.05) is 6.54 Å². The van der Waals surface area contributed by atoms with Gasteiger partial charge in [0.15, 0.2) is 0 Å². The third-order valence-electron chi connectivity index (χ3n) is 1.87. The van der Waals surface area contributed by atoms with E-state index in [1.54, 1.807) is 0 Å². The summed E-state index contributed by atoms with van der Waals surface area (Å²) in [6.07, 6.45) is 2.29. The second kappa shape index (κ2) is 7.47. The zero-order valence-corrected chi connectivity index (χ0v) is 7.95. The molecule has 0 heterocycles. The zero-order valence-electron chi connectivity index (χ0n) is 7.95. The molecule has 1 N–H and O–H groups in total. The van der Waals surface area contributed by atoms with E-state index in [0.717, 1.165) is 12.8 Å². The van der Waals surface area contributed by atoms with Gasteiger partial charge in [-0.15, -0.1) is 0 Å². The molecule has 0 aliphatic rings. The van der Waals surface area contributed by atoms with Gasteiger partial charge in [0.05, 0.1) is 6.04 Å². The molecule has 0 aromatic rings. The van der Waals surface area contributed by atoms with Crippen LogP contribution in [-0.2, 0) is 0 Å². The molecule has 0 amide bonds. The van der Waals surface area contributed by atoms with Crippen LogP contribution in [0.5, 0.6) is 0 Å². The first-order valence-electron chi connectivity index (χ1n) is 4.70. The fourth-order valence-electron chi connectivity index (χ4n) is 0.971. The molecule has 0 radical (unpaired) electrons. The van der Waals surface area contributed by atoms with Crippen LogP contribution in [0.15, 0.2) is 0 Å². The first kappa shape index (κ1) is 11.8. The van der Waals surface area contributed by atoms with Crippen LogP contribution >= 0.6 is 0 Å². The van der Waals surface area contributed by atoms with E-state index in [0.29, 0.717) is 6.54 Å². The maximum Gasteiger partial charge on any atom is 0.253 e. The van der Waals surface area contributed by atoms with Crippen LogP contribution in [0.4, 0.5) is 8.78 Å². The highest BCUT2D eigenvalue weighted by Gasteiger charge is 2.12. The van der Waals surface area contributed by atoms with Gasteiger partial charge in [0.2, 0.25) is 0 Å². The van der Waals surface area contributed by atoms with Crippen molar-refractivity contribution in [3.8, 4) is 0 Å². The van der Waals surface area contributed by atoms with Crippen molar-refractivity contribution in [2.45, 2.75) is 52.0 Å². The molecular weight excluding hydrogens is 160 g/mol.